The van der Waals surface area contributed by atoms with E-state index in [1.54, 1.807) is 12.3 Å². The molecule has 0 fully saturated rings. The largest absolute Gasteiger partial charge is 0.383 e. The molecule has 16 heavy (non-hydrogen) atoms. The van der Waals surface area contributed by atoms with Gasteiger partial charge in [-0.2, -0.15) is 5.10 Å². The molecular weight excluding hydrogens is 273 g/mol. The summed E-state index contributed by atoms with van der Waals surface area (Å²) in [5, 5.41) is 7.25. The molecule has 0 aliphatic heterocycles. The van der Waals surface area contributed by atoms with Crippen LogP contribution in [0.15, 0.2) is 41.1 Å². The van der Waals surface area contributed by atoms with Crippen molar-refractivity contribution >= 4 is 21.6 Å². The predicted molar refractivity (Wildman–Crippen MR) is 64.8 cm³/mol. The van der Waals surface area contributed by atoms with Gasteiger partial charge >= 0.3 is 0 Å². The Balaban J connectivity index is 1.84. The molecule has 1 N–H and O–H groups in total. The zero-order valence-corrected chi connectivity index (χ0v) is 10.1. The average Bonchev–Trinajstić information content (AvgIpc) is 2.64. The van der Waals surface area contributed by atoms with Gasteiger partial charge in [0.15, 0.2) is 0 Å². The Labute approximate surface area is 101 Å². The first-order chi connectivity index (χ1) is 7.74. The Morgan fingerprint density at radius 2 is 2.31 bits per heavy atom. The number of aromatic nitrogens is 2. The van der Waals surface area contributed by atoms with Gasteiger partial charge in [-0.1, -0.05) is 6.07 Å². The fourth-order valence-corrected chi connectivity index (χ4v) is 1.70. The van der Waals surface area contributed by atoms with Gasteiger partial charge in [0, 0.05) is 18.4 Å². The highest BCUT2D eigenvalue weighted by Crippen LogP contribution is 2.09. The van der Waals surface area contributed by atoms with E-state index < -0.39 is 0 Å². The molecule has 0 aliphatic carbocycles. The summed E-state index contributed by atoms with van der Waals surface area (Å²) in [6.45, 7) is 1.44. The molecule has 0 amide bonds. The number of nitrogens with zero attached hydrogens (tertiary/aromatic N) is 2. The highest BCUT2D eigenvalue weighted by atomic mass is 79.9. The van der Waals surface area contributed by atoms with Gasteiger partial charge in [0.25, 0.3) is 0 Å². The van der Waals surface area contributed by atoms with E-state index in [-0.39, 0.29) is 5.82 Å². The Morgan fingerprint density at radius 1 is 1.44 bits per heavy atom. The van der Waals surface area contributed by atoms with Gasteiger partial charge in [-0.15, -0.1) is 0 Å². The van der Waals surface area contributed by atoms with E-state index >= 15 is 0 Å². The fraction of sp³-hybridized carbons (Fsp3) is 0.182. The maximum absolute atomic E-state index is 12.9. The summed E-state index contributed by atoms with van der Waals surface area (Å²) in [6, 6.07) is 6.42. The minimum absolute atomic E-state index is 0.230. The maximum atomic E-state index is 12.9. The third kappa shape index (κ3) is 3.06. The van der Waals surface area contributed by atoms with Crippen molar-refractivity contribution in [3.05, 3.63) is 46.9 Å². The summed E-state index contributed by atoms with van der Waals surface area (Å²) < 4.78 is 15.6. The molecule has 0 radical (unpaired) electrons. The van der Waals surface area contributed by atoms with Crippen LogP contribution < -0.4 is 5.32 Å². The molecular formula is C11H11BrFN3. The van der Waals surface area contributed by atoms with Crippen molar-refractivity contribution in [3.8, 4) is 0 Å². The molecule has 0 atom stereocenters. The lowest BCUT2D eigenvalue weighted by Gasteiger charge is -2.06. The molecule has 84 valence electrons. The Kier molecular flexibility index (Phi) is 3.56. The molecule has 0 saturated heterocycles. The van der Waals surface area contributed by atoms with Crippen LogP contribution in [0.2, 0.25) is 0 Å². The van der Waals surface area contributed by atoms with Crippen molar-refractivity contribution in [2.45, 2.75) is 6.54 Å². The number of halogens is 2. The van der Waals surface area contributed by atoms with Crippen molar-refractivity contribution in [3.63, 3.8) is 0 Å². The van der Waals surface area contributed by atoms with E-state index in [1.165, 1.54) is 12.1 Å². The van der Waals surface area contributed by atoms with Crippen LogP contribution in [-0.4, -0.2) is 16.3 Å². The van der Waals surface area contributed by atoms with Crippen molar-refractivity contribution in [1.29, 1.82) is 0 Å². The molecule has 0 bridgehead atoms. The number of anilines is 1. The Bertz CT molecular complexity index is 470. The van der Waals surface area contributed by atoms with Crippen LogP contribution in [0.5, 0.6) is 0 Å². The third-order valence-electron chi connectivity index (χ3n) is 2.10. The van der Waals surface area contributed by atoms with Gasteiger partial charge in [0.2, 0.25) is 0 Å². The lowest BCUT2D eigenvalue weighted by molar-refractivity contribution is 0.625. The first-order valence-corrected chi connectivity index (χ1v) is 5.71. The van der Waals surface area contributed by atoms with Crippen LogP contribution in [0.3, 0.4) is 0 Å². The van der Waals surface area contributed by atoms with E-state index in [0.717, 1.165) is 16.7 Å². The van der Waals surface area contributed by atoms with Crippen molar-refractivity contribution in [2.75, 3.05) is 11.9 Å². The van der Waals surface area contributed by atoms with Crippen LogP contribution in [-0.2, 0) is 6.54 Å². The maximum Gasteiger partial charge on any atom is 0.125 e. The molecule has 2 rings (SSSR count). The second-order valence-corrected chi connectivity index (χ2v) is 4.27. The average molecular weight is 284 g/mol. The third-order valence-corrected chi connectivity index (χ3v) is 2.51. The highest BCUT2D eigenvalue weighted by molar-refractivity contribution is 9.10. The number of nitrogens with one attached hydrogen (secondary N) is 1. The number of hydrogen-bond donors (Lipinski definition) is 1. The summed E-state index contributed by atoms with van der Waals surface area (Å²) in [6.07, 6.45) is 3.63. The first-order valence-electron chi connectivity index (χ1n) is 4.91. The summed E-state index contributed by atoms with van der Waals surface area (Å²) in [4.78, 5) is 0. The molecule has 1 aromatic heterocycles. The zero-order valence-electron chi connectivity index (χ0n) is 8.53. The monoisotopic (exact) mass is 283 g/mol. The van der Waals surface area contributed by atoms with Gasteiger partial charge in [-0.3, -0.25) is 4.68 Å². The SMILES string of the molecule is Fc1cccc(NCCn2cc(Br)cn2)c1. The summed E-state index contributed by atoms with van der Waals surface area (Å²) in [5.41, 5.74) is 0.784. The minimum Gasteiger partial charge on any atom is -0.383 e. The molecule has 0 spiro atoms. The quantitative estimate of drug-likeness (QED) is 0.935. The lowest BCUT2D eigenvalue weighted by atomic mass is 10.3. The Hall–Kier alpha value is -1.36. The second-order valence-electron chi connectivity index (χ2n) is 3.36. The molecule has 0 aliphatic rings. The van der Waals surface area contributed by atoms with Crippen LogP contribution >= 0.6 is 15.9 Å². The summed E-state index contributed by atoms with van der Waals surface area (Å²) >= 11 is 3.33. The molecule has 0 unspecified atom stereocenters. The van der Waals surface area contributed by atoms with Gasteiger partial charge in [-0.05, 0) is 34.1 Å². The van der Waals surface area contributed by atoms with Gasteiger partial charge in [0.1, 0.15) is 5.82 Å². The van der Waals surface area contributed by atoms with Crippen molar-refractivity contribution < 1.29 is 4.39 Å². The van der Waals surface area contributed by atoms with Crippen LogP contribution in [0.1, 0.15) is 0 Å². The van der Waals surface area contributed by atoms with E-state index in [1.807, 2.05) is 16.9 Å². The predicted octanol–water partition coefficient (Wildman–Crippen LogP) is 2.90. The number of rotatable bonds is 4. The Morgan fingerprint density at radius 3 is 3.00 bits per heavy atom. The standard InChI is InChI=1S/C11H11BrFN3/c12-9-7-15-16(8-9)5-4-14-11-3-1-2-10(13)6-11/h1-3,6-8,14H,4-5H2. The van der Waals surface area contributed by atoms with Crippen LogP contribution in [0.25, 0.3) is 0 Å². The van der Waals surface area contributed by atoms with Gasteiger partial charge < -0.3 is 5.32 Å². The summed E-state index contributed by atoms with van der Waals surface area (Å²) in [5.74, 6) is -0.230. The summed E-state index contributed by atoms with van der Waals surface area (Å²) in [7, 11) is 0. The molecule has 2 aromatic rings. The van der Waals surface area contributed by atoms with Crippen LogP contribution in [0.4, 0.5) is 10.1 Å². The molecule has 3 nitrogen and oxygen atoms in total. The first kappa shape index (κ1) is 11.1. The molecule has 1 heterocycles. The number of benzene rings is 1. The van der Waals surface area contributed by atoms with E-state index in [4.69, 9.17) is 0 Å². The minimum atomic E-state index is -0.230. The van der Waals surface area contributed by atoms with Gasteiger partial charge in [-0.25, -0.2) is 4.39 Å². The normalized spacial score (nSPS) is 10.4. The fourth-order valence-electron chi connectivity index (χ4n) is 1.37. The molecule has 1 aromatic carbocycles. The smallest absolute Gasteiger partial charge is 0.125 e. The molecule has 0 saturated carbocycles. The van der Waals surface area contributed by atoms with Crippen molar-refractivity contribution in [1.82, 2.24) is 9.78 Å². The highest BCUT2D eigenvalue weighted by Gasteiger charge is 1.96. The molecule has 5 heteroatoms. The van der Waals surface area contributed by atoms with Gasteiger partial charge in [0.05, 0.1) is 17.2 Å². The second kappa shape index (κ2) is 5.12. The zero-order chi connectivity index (χ0) is 11.4. The number of hydrogen-bond acceptors (Lipinski definition) is 2. The van der Waals surface area contributed by atoms with E-state index in [9.17, 15) is 4.39 Å². The van der Waals surface area contributed by atoms with E-state index in [0.29, 0.717) is 6.54 Å². The topological polar surface area (TPSA) is 29.9 Å². The lowest BCUT2D eigenvalue weighted by Crippen LogP contribution is -2.10. The van der Waals surface area contributed by atoms with Crippen molar-refractivity contribution in [2.24, 2.45) is 0 Å². The van der Waals surface area contributed by atoms with Crippen LogP contribution in [0, 0.1) is 5.82 Å². The van der Waals surface area contributed by atoms with E-state index in [2.05, 4.69) is 26.3 Å².